The van der Waals surface area contributed by atoms with Gasteiger partial charge in [-0.3, -0.25) is 4.99 Å². The second kappa shape index (κ2) is 8.82. The van der Waals surface area contributed by atoms with E-state index in [1.54, 1.807) is 10.4 Å². The van der Waals surface area contributed by atoms with Crippen molar-refractivity contribution in [3.63, 3.8) is 0 Å². The molecule has 1 nitrogen and oxygen atoms in total. The predicted octanol–water partition coefficient (Wildman–Crippen LogP) is 0.0694. The van der Waals surface area contributed by atoms with Gasteiger partial charge in [-0.1, -0.05) is 33.0 Å². The van der Waals surface area contributed by atoms with E-state index in [0.717, 1.165) is 0 Å². The maximum atomic E-state index is 4.42. The van der Waals surface area contributed by atoms with Crippen LogP contribution >= 0.6 is 0 Å². The zero-order chi connectivity index (χ0) is 17.1. The molecule has 2 bridgehead atoms. The summed E-state index contributed by atoms with van der Waals surface area (Å²) >= 11 is 0. The predicted molar refractivity (Wildman–Crippen MR) is 107 cm³/mol. The third-order valence-corrected chi connectivity index (χ3v) is 9.27. The molecular formula is C22H24Cl2NSiZr. The number of allylic oxidation sites excluding steroid dienone is 5. The van der Waals surface area contributed by atoms with Crippen LogP contribution in [0.3, 0.4) is 0 Å². The number of hydrogen-bond acceptors (Lipinski definition) is 1. The molecule has 5 heteroatoms. The smallest absolute Gasteiger partial charge is 1.00 e. The van der Waals surface area contributed by atoms with Crippen LogP contribution in [0.25, 0.3) is 10.8 Å². The van der Waals surface area contributed by atoms with Crippen molar-refractivity contribution in [3.05, 3.63) is 75.8 Å². The Morgan fingerprint density at radius 3 is 2.26 bits per heavy atom. The van der Waals surface area contributed by atoms with Gasteiger partial charge in [0.05, 0.1) is 5.71 Å². The molecule has 0 spiro atoms. The maximum Gasteiger partial charge on any atom is 3.00 e. The van der Waals surface area contributed by atoms with E-state index in [1.807, 2.05) is 6.20 Å². The van der Waals surface area contributed by atoms with Gasteiger partial charge >= 0.3 is 26.2 Å². The van der Waals surface area contributed by atoms with Crippen molar-refractivity contribution in [1.82, 2.24) is 0 Å². The molecule has 0 fully saturated rings. The third kappa shape index (κ3) is 3.81. The SMILES string of the molecule is CC(C)c1cc2ccccc2[cH-]1.CC1=C2C3=NC=CC3=C1[Si]2(C)C.[Cl-].[Cl-].[Zr+3]. The van der Waals surface area contributed by atoms with Crippen molar-refractivity contribution in [1.29, 1.82) is 0 Å². The van der Waals surface area contributed by atoms with Crippen molar-refractivity contribution in [2.75, 3.05) is 0 Å². The summed E-state index contributed by atoms with van der Waals surface area (Å²) in [7, 11) is -1.13. The summed E-state index contributed by atoms with van der Waals surface area (Å²) < 4.78 is 0. The first-order chi connectivity index (χ1) is 11.4. The fourth-order valence-corrected chi connectivity index (χ4v) is 8.23. The number of hydrogen-bond donors (Lipinski definition) is 0. The molecule has 0 amide bonds. The van der Waals surface area contributed by atoms with Gasteiger partial charge in [0.2, 0.25) is 0 Å². The van der Waals surface area contributed by atoms with Gasteiger partial charge in [0.25, 0.3) is 0 Å². The topological polar surface area (TPSA) is 12.4 Å². The van der Waals surface area contributed by atoms with Crippen LogP contribution in [0.1, 0.15) is 32.3 Å². The molecule has 3 heterocycles. The van der Waals surface area contributed by atoms with Gasteiger partial charge in [0.1, 0.15) is 8.07 Å². The summed E-state index contributed by atoms with van der Waals surface area (Å²) in [5.41, 5.74) is 5.72. The zero-order valence-corrected chi connectivity index (χ0v) is 21.4. The van der Waals surface area contributed by atoms with Crippen LogP contribution in [-0.2, 0) is 26.2 Å². The number of nitrogens with zero attached hydrogens (tertiary/aromatic N) is 1. The molecule has 6 rings (SSSR count). The molecule has 4 aliphatic rings. The Bertz CT molecular complexity index is 944. The quantitative estimate of drug-likeness (QED) is 0.395. The zero-order valence-electron chi connectivity index (χ0n) is 16.4. The van der Waals surface area contributed by atoms with Gasteiger partial charge < -0.3 is 24.8 Å². The summed E-state index contributed by atoms with van der Waals surface area (Å²) in [6, 6.07) is 13.1. The van der Waals surface area contributed by atoms with E-state index in [0.29, 0.717) is 5.92 Å². The minimum absolute atomic E-state index is 0. The number of aliphatic imine (C=N–C) groups is 1. The molecule has 139 valence electrons. The van der Waals surface area contributed by atoms with Crippen LogP contribution in [0.5, 0.6) is 0 Å². The van der Waals surface area contributed by atoms with Crippen molar-refractivity contribution >= 4 is 24.6 Å². The monoisotopic (exact) mass is 490 g/mol. The molecule has 27 heavy (non-hydrogen) atoms. The molecule has 1 aliphatic carbocycles. The number of halogens is 2. The summed E-state index contributed by atoms with van der Waals surface area (Å²) in [5, 5.41) is 5.99. The normalized spacial score (nSPS) is 17.3. The minimum Gasteiger partial charge on any atom is -1.00 e. The summed E-state index contributed by atoms with van der Waals surface area (Å²) in [6.45, 7) is 11.5. The van der Waals surface area contributed by atoms with Crippen molar-refractivity contribution in [3.8, 4) is 0 Å². The van der Waals surface area contributed by atoms with Crippen LogP contribution < -0.4 is 24.8 Å². The van der Waals surface area contributed by atoms with E-state index >= 15 is 0 Å². The van der Waals surface area contributed by atoms with Gasteiger partial charge in [0, 0.05) is 11.8 Å². The Labute approximate surface area is 195 Å². The standard InChI is InChI=1S/C12H13.C10H11NSi.2ClH.Zr/c1-9(2)12-7-10-5-3-4-6-11(10)8-12;1-6-9-7-4-5-11-8(7)10(6)12(9,2)3;;;/h3-9H,1-2H3;4-5H,1-3H3;2*1H;/q-1;;;;+3/p-2. The van der Waals surface area contributed by atoms with Crippen molar-refractivity contribution in [2.45, 2.75) is 39.8 Å². The molecule has 3 aliphatic heterocycles. The minimum atomic E-state index is -1.13. The Morgan fingerprint density at radius 2 is 1.70 bits per heavy atom. The Hall–Kier alpha value is -0.600. The molecule has 0 N–H and O–H groups in total. The fraction of sp³-hybridized carbons (Fsp3) is 0.273. The van der Waals surface area contributed by atoms with Gasteiger partial charge in [-0.2, -0.15) is 6.07 Å². The van der Waals surface area contributed by atoms with Gasteiger partial charge in [-0.05, 0) is 34.9 Å². The third-order valence-electron chi connectivity index (χ3n) is 5.51. The van der Waals surface area contributed by atoms with Crippen LogP contribution in [-0.4, -0.2) is 13.8 Å². The first-order valence-electron chi connectivity index (χ1n) is 8.78. The van der Waals surface area contributed by atoms with E-state index in [-0.39, 0.29) is 51.0 Å². The number of rotatable bonds is 1. The van der Waals surface area contributed by atoms with E-state index in [1.165, 1.54) is 33.2 Å². The van der Waals surface area contributed by atoms with E-state index in [4.69, 9.17) is 0 Å². The van der Waals surface area contributed by atoms with Crippen LogP contribution in [0.15, 0.2) is 75.2 Å². The molecule has 0 saturated carbocycles. The largest absolute Gasteiger partial charge is 3.00 e. The summed E-state index contributed by atoms with van der Waals surface area (Å²) in [6.07, 6.45) is 4.10. The number of fused-ring (bicyclic) bond motifs is 1. The molecule has 0 atom stereocenters. The molecule has 0 saturated heterocycles. The molecule has 2 aromatic carbocycles. The maximum absolute atomic E-state index is 4.42. The van der Waals surface area contributed by atoms with Crippen molar-refractivity contribution in [2.24, 2.45) is 4.99 Å². The summed E-state index contributed by atoms with van der Waals surface area (Å²) in [5.74, 6) is 0.636. The Balaban J connectivity index is 0.000000243. The van der Waals surface area contributed by atoms with E-state index < -0.39 is 8.07 Å². The first kappa shape index (κ1) is 24.4. The van der Waals surface area contributed by atoms with Crippen LogP contribution in [0.2, 0.25) is 13.1 Å². The van der Waals surface area contributed by atoms with Crippen LogP contribution in [0, 0.1) is 0 Å². The number of benzene rings is 1. The summed E-state index contributed by atoms with van der Waals surface area (Å²) in [4.78, 5) is 4.42. The molecule has 2 aromatic rings. The Morgan fingerprint density at radius 1 is 1.04 bits per heavy atom. The molecule has 0 unspecified atom stereocenters. The van der Waals surface area contributed by atoms with E-state index in [9.17, 15) is 0 Å². The molecule has 0 aromatic heterocycles. The van der Waals surface area contributed by atoms with Gasteiger partial charge in [0.15, 0.2) is 0 Å². The Kier molecular flexibility index (Phi) is 7.99. The fourth-order valence-electron chi connectivity index (χ4n) is 4.38. The van der Waals surface area contributed by atoms with Crippen LogP contribution in [0.4, 0.5) is 0 Å². The van der Waals surface area contributed by atoms with Gasteiger partial charge in [-0.15, -0.1) is 40.6 Å². The van der Waals surface area contributed by atoms with E-state index in [2.05, 4.69) is 81.3 Å². The second-order valence-electron chi connectivity index (χ2n) is 7.78. The average molecular weight is 493 g/mol. The first-order valence-corrected chi connectivity index (χ1v) is 11.8. The van der Waals surface area contributed by atoms with Gasteiger partial charge in [-0.25, -0.2) is 0 Å². The molecule has 1 radical (unpaired) electrons. The van der Waals surface area contributed by atoms with Crippen molar-refractivity contribution < 1.29 is 51.0 Å². The average Bonchev–Trinajstić information content (AvgIpc) is 3.22. The second-order valence-corrected chi connectivity index (χ2v) is 12.0. The molecular weight excluding hydrogens is 468 g/mol.